The number of hydrogen-bond donors (Lipinski definition) is 0. The van der Waals surface area contributed by atoms with E-state index in [1.165, 1.54) is 5.39 Å². The molecule has 0 saturated carbocycles. The number of nitrogens with zero attached hydrogens (tertiary/aromatic N) is 2. The zero-order chi connectivity index (χ0) is 17.8. The number of rotatable bonds is 7. The summed E-state index contributed by atoms with van der Waals surface area (Å²) in [4.78, 5) is 14.6. The van der Waals surface area contributed by atoms with E-state index >= 15 is 0 Å². The van der Waals surface area contributed by atoms with Crippen LogP contribution in [0.5, 0.6) is 0 Å². The van der Waals surface area contributed by atoms with Crippen LogP contribution in [-0.2, 0) is 24.4 Å². The second kappa shape index (κ2) is 7.35. The van der Waals surface area contributed by atoms with Gasteiger partial charge in [0.15, 0.2) is 0 Å². The average Bonchev–Trinajstić information content (AvgIpc) is 3.41. The summed E-state index contributed by atoms with van der Waals surface area (Å²) in [5, 5.41) is 1.18. The van der Waals surface area contributed by atoms with Gasteiger partial charge in [0.25, 0.3) is 0 Å². The third kappa shape index (κ3) is 3.57. The summed E-state index contributed by atoms with van der Waals surface area (Å²) in [7, 11) is 0. The van der Waals surface area contributed by atoms with Crippen molar-refractivity contribution < 1.29 is 13.6 Å². The maximum absolute atomic E-state index is 12.9. The monoisotopic (exact) mass is 348 g/mol. The molecule has 1 amide bonds. The lowest BCUT2D eigenvalue weighted by Crippen LogP contribution is -2.30. The highest BCUT2D eigenvalue weighted by Crippen LogP contribution is 2.17. The standard InChI is InChI=1S/C21H20N2O3/c24-21(10-12-22-11-9-17-5-1-2-8-20(17)22)23(15-18-6-3-13-25-18)16-19-7-4-14-26-19/h1-9,11,13-14H,10,12,15-16H2. The van der Waals surface area contributed by atoms with E-state index in [0.717, 1.165) is 17.0 Å². The summed E-state index contributed by atoms with van der Waals surface area (Å²) >= 11 is 0. The molecule has 4 aromatic rings. The molecule has 5 heteroatoms. The van der Waals surface area contributed by atoms with Crippen molar-refractivity contribution in [2.45, 2.75) is 26.1 Å². The first-order valence-electron chi connectivity index (χ1n) is 8.66. The fraction of sp³-hybridized carbons (Fsp3) is 0.190. The fourth-order valence-corrected chi connectivity index (χ4v) is 3.12. The molecule has 0 fully saturated rings. The van der Waals surface area contributed by atoms with Gasteiger partial charge < -0.3 is 18.3 Å². The number of hydrogen-bond acceptors (Lipinski definition) is 3. The minimum atomic E-state index is 0.0654. The fourth-order valence-electron chi connectivity index (χ4n) is 3.12. The summed E-state index contributed by atoms with van der Waals surface area (Å²) in [6.45, 7) is 1.50. The predicted molar refractivity (Wildman–Crippen MR) is 98.2 cm³/mol. The first kappa shape index (κ1) is 16.3. The van der Waals surface area contributed by atoms with Gasteiger partial charge in [-0.2, -0.15) is 0 Å². The Bertz CT molecular complexity index is 932. The van der Waals surface area contributed by atoms with Crippen molar-refractivity contribution in [1.29, 1.82) is 0 Å². The average molecular weight is 348 g/mol. The van der Waals surface area contributed by atoms with Crippen molar-refractivity contribution in [3.63, 3.8) is 0 Å². The van der Waals surface area contributed by atoms with Gasteiger partial charge in [-0.1, -0.05) is 18.2 Å². The van der Waals surface area contributed by atoms with Crippen LogP contribution in [0.1, 0.15) is 17.9 Å². The van der Waals surface area contributed by atoms with E-state index in [2.05, 4.69) is 22.8 Å². The zero-order valence-corrected chi connectivity index (χ0v) is 14.4. The van der Waals surface area contributed by atoms with Gasteiger partial charge in [0.2, 0.25) is 5.91 Å². The molecule has 0 bridgehead atoms. The molecule has 5 nitrogen and oxygen atoms in total. The lowest BCUT2D eigenvalue weighted by Gasteiger charge is -2.21. The molecule has 26 heavy (non-hydrogen) atoms. The van der Waals surface area contributed by atoms with Crippen molar-refractivity contribution in [2.75, 3.05) is 0 Å². The number of aryl methyl sites for hydroxylation is 1. The van der Waals surface area contributed by atoms with Crippen molar-refractivity contribution in [2.24, 2.45) is 0 Å². The lowest BCUT2D eigenvalue weighted by molar-refractivity contribution is -0.133. The Morgan fingerprint density at radius 3 is 2.23 bits per heavy atom. The molecule has 3 heterocycles. The zero-order valence-electron chi connectivity index (χ0n) is 14.4. The maximum Gasteiger partial charge on any atom is 0.225 e. The van der Waals surface area contributed by atoms with Crippen LogP contribution in [0.3, 0.4) is 0 Å². The summed E-state index contributed by atoms with van der Waals surface area (Å²) < 4.78 is 12.9. The number of benzene rings is 1. The molecule has 0 atom stereocenters. The molecule has 0 aliphatic carbocycles. The van der Waals surface area contributed by atoms with Crippen LogP contribution in [0.15, 0.2) is 82.2 Å². The van der Waals surface area contributed by atoms with E-state index in [9.17, 15) is 4.79 Å². The number of para-hydroxylation sites is 1. The molecule has 3 aromatic heterocycles. The highest BCUT2D eigenvalue weighted by molar-refractivity contribution is 5.80. The lowest BCUT2D eigenvalue weighted by atomic mass is 10.2. The molecule has 0 aliphatic rings. The number of carbonyl (C=O) groups is 1. The maximum atomic E-state index is 12.9. The molecule has 132 valence electrons. The first-order chi connectivity index (χ1) is 12.8. The molecule has 0 unspecified atom stereocenters. The Kier molecular flexibility index (Phi) is 4.60. The van der Waals surface area contributed by atoms with Crippen molar-refractivity contribution >= 4 is 16.8 Å². The van der Waals surface area contributed by atoms with Crippen molar-refractivity contribution in [3.05, 3.63) is 84.8 Å². The van der Waals surface area contributed by atoms with Gasteiger partial charge in [-0.3, -0.25) is 4.79 Å². The second-order valence-corrected chi connectivity index (χ2v) is 6.23. The third-order valence-corrected chi connectivity index (χ3v) is 4.45. The molecule has 0 spiro atoms. The number of aromatic nitrogens is 1. The molecule has 4 rings (SSSR count). The topological polar surface area (TPSA) is 51.5 Å². The highest BCUT2D eigenvalue weighted by atomic mass is 16.3. The van der Waals surface area contributed by atoms with E-state index in [1.807, 2.05) is 42.6 Å². The van der Waals surface area contributed by atoms with Crippen LogP contribution in [-0.4, -0.2) is 15.4 Å². The molecule has 0 N–H and O–H groups in total. The summed E-state index contributed by atoms with van der Waals surface area (Å²) in [6, 6.07) is 17.7. The minimum Gasteiger partial charge on any atom is -0.467 e. The number of furan rings is 2. The van der Waals surface area contributed by atoms with Crippen LogP contribution in [0.4, 0.5) is 0 Å². The Hall–Kier alpha value is -3.21. The van der Waals surface area contributed by atoms with Crippen LogP contribution < -0.4 is 0 Å². The Labute approximate surface area is 151 Å². The minimum absolute atomic E-state index is 0.0654. The Morgan fingerprint density at radius 2 is 1.58 bits per heavy atom. The quantitative estimate of drug-likeness (QED) is 0.496. The first-order valence-corrected chi connectivity index (χ1v) is 8.66. The van der Waals surface area contributed by atoms with Crippen molar-refractivity contribution in [3.8, 4) is 0 Å². The predicted octanol–water partition coefficient (Wildman–Crippen LogP) is 4.45. The molecule has 0 aliphatic heterocycles. The van der Waals surface area contributed by atoms with E-state index in [0.29, 0.717) is 26.1 Å². The number of fused-ring (bicyclic) bond motifs is 1. The van der Waals surface area contributed by atoms with Gasteiger partial charge >= 0.3 is 0 Å². The molecular weight excluding hydrogens is 328 g/mol. The summed E-state index contributed by atoms with van der Waals surface area (Å²) in [5.41, 5.74) is 1.14. The van der Waals surface area contributed by atoms with E-state index < -0.39 is 0 Å². The van der Waals surface area contributed by atoms with E-state index in [1.54, 1.807) is 17.4 Å². The molecule has 0 radical (unpaired) electrons. The van der Waals surface area contributed by atoms with Gasteiger partial charge in [-0.15, -0.1) is 0 Å². The summed E-state index contributed by atoms with van der Waals surface area (Å²) in [5.74, 6) is 1.59. The third-order valence-electron chi connectivity index (χ3n) is 4.45. The SMILES string of the molecule is O=C(CCn1ccc2ccccc21)N(Cc1ccco1)Cc1ccco1. The molecule has 1 aromatic carbocycles. The highest BCUT2D eigenvalue weighted by Gasteiger charge is 2.17. The van der Waals surface area contributed by atoms with Gasteiger partial charge in [-0.05, 0) is 41.8 Å². The largest absolute Gasteiger partial charge is 0.467 e. The molecule has 0 saturated heterocycles. The van der Waals surface area contributed by atoms with Crippen LogP contribution >= 0.6 is 0 Å². The second-order valence-electron chi connectivity index (χ2n) is 6.23. The van der Waals surface area contributed by atoms with Gasteiger partial charge in [0.05, 0.1) is 25.6 Å². The van der Waals surface area contributed by atoms with Crippen molar-refractivity contribution in [1.82, 2.24) is 9.47 Å². The van der Waals surface area contributed by atoms with E-state index in [-0.39, 0.29) is 5.91 Å². The number of amides is 1. The van der Waals surface area contributed by atoms with Gasteiger partial charge in [0, 0.05) is 24.7 Å². The molecular formula is C21H20N2O3. The van der Waals surface area contributed by atoms with E-state index in [4.69, 9.17) is 8.83 Å². The van der Waals surface area contributed by atoms with Crippen LogP contribution in [0.2, 0.25) is 0 Å². The Morgan fingerprint density at radius 1 is 0.885 bits per heavy atom. The Balaban J connectivity index is 1.46. The number of carbonyl (C=O) groups excluding carboxylic acids is 1. The van der Waals surface area contributed by atoms with Crippen LogP contribution in [0.25, 0.3) is 10.9 Å². The van der Waals surface area contributed by atoms with Gasteiger partial charge in [-0.25, -0.2) is 0 Å². The smallest absolute Gasteiger partial charge is 0.225 e. The van der Waals surface area contributed by atoms with Gasteiger partial charge in [0.1, 0.15) is 11.5 Å². The van der Waals surface area contributed by atoms with Crippen LogP contribution in [0, 0.1) is 0 Å². The summed E-state index contributed by atoms with van der Waals surface area (Å²) in [6.07, 6.45) is 5.69. The normalized spacial score (nSPS) is 11.1.